The lowest BCUT2D eigenvalue weighted by molar-refractivity contribution is -0.134. The first-order valence-corrected chi connectivity index (χ1v) is 7.41. The van der Waals surface area contributed by atoms with E-state index < -0.39 is 0 Å². The SMILES string of the molecule is CCC1NC(Cc2ccccc2)C(=O)N1C1CCC1. The minimum Gasteiger partial charge on any atom is -0.323 e. The second-order valence-electron chi connectivity index (χ2n) is 5.66. The van der Waals surface area contributed by atoms with Crippen LogP contribution in [0.4, 0.5) is 0 Å². The largest absolute Gasteiger partial charge is 0.323 e. The van der Waals surface area contributed by atoms with Gasteiger partial charge >= 0.3 is 0 Å². The summed E-state index contributed by atoms with van der Waals surface area (Å²) in [5, 5.41) is 3.51. The fourth-order valence-electron chi connectivity index (χ4n) is 3.13. The molecule has 0 aromatic heterocycles. The van der Waals surface area contributed by atoms with Crippen molar-refractivity contribution in [1.29, 1.82) is 0 Å². The number of benzene rings is 1. The van der Waals surface area contributed by atoms with E-state index in [4.69, 9.17) is 0 Å². The molecule has 1 heterocycles. The van der Waals surface area contributed by atoms with E-state index in [1.54, 1.807) is 0 Å². The van der Waals surface area contributed by atoms with E-state index in [-0.39, 0.29) is 12.2 Å². The number of carbonyl (C=O) groups excluding carboxylic acids is 1. The van der Waals surface area contributed by atoms with E-state index in [2.05, 4.69) is 29.3 Å². The molecular formula is C16H22N2O. The molecule has 2 atom stereocenters. The highest BCUT2D eigenvalue weighted by atomic mass is 16.2. The Kier molecular flexibility index (Phi) is 3.56. The van der Waals surface area contributed by atoms with Crippen LogP contribution in [-0.2, 0) is 11.2 Å². The summed E-state index contributed by atoms with van der Waals surface area (Å²) in [5.41, 5.74) is 1.23. The minimum atomic E-state index is -0.0343. The van der Waals surface area contributed by atoms with Crippen molar-refractivity contribution < 1.29 is 4.79 Å². The van der Waals surface area contributed by atoms with Gasteiger partial charge < -0.3 is 4.90 Å². The van der Waals surface area contributed by atoms with E-state index in [0.29, 0.717) is 11.9 Å². The van der Waals surface area contributed by atoms with Gasteiger partial charge in [-0.1, -0.05) is 37.3 Å². The van der Waals surface area contributed by atoms with E-state index in [1.807, 2.05) is 18.2 Å². The molecule has 1 aromatic carbocycles. The van der Waals surface area contributed by atoms with Gasteiger partial charge in [0, 0.05) is 6.04 Å². The fraction of sp³-hybridized carbons (Fsp3) is 0.562. The third-order valence-corrected chi connectivity index (χ3v) is 4.42. The Labute approximate surface area is 115 Å². The maximum Gasteiger partial charge on any atom is 0.241 e. The van der Waals surface area contributed by atoms with Gasteiger partial charge in [-0.05, 0) is 37.7 Å². The van der Waals surface area contributed by atoms with Crippen LogP contribution >= 0.6 is 0 Å². The van der Waals surface area contributed by atoms with Gasteiger partial charge in [0.2, 0.25) is 5.91 Å². The standard InChI is InChI=1S/C16H22N2O/c1-2-15-17-14(11-12-7-4-3-5-8-12)16(19)18(15)13-9-6-10-13/h3-5,7-8,13-15,17H,2,6,9-11H2,1H3. The number of nitrogens with zero attached hydrogens (tertiary/aromatic N) is 1. The molecule has 102 valence electrons. The van der Waals surface area contributed by atoms with Crippen molar-refractivity contribution in [2.45, 2.75) is 57.3 Å². The van der Waals surface area contributed by atoms with Gasteiger partial charge in [0.1, 0.15) is 0 Å². The average Bonchev–Trinajstić information content (AvgIpc) is 2.67. The molecule has 1 amide bonds. The summed E-state index contributed by atoms with van der Waals surface area (Å²) < 4.78 is 0. The predicted molar refractivity (Wildman–Crippen MR) is 75.6 cm³/mol. The fourth-order valence-corrected chi connectivity index (χ4v) is 3.13. The van der Waals surface area contributed by atoms with Crippen LogP contribution in [0.5, 0.6) is 0 Å². The summed E-state index contributed by atoms with van der Waals surface area (Å²) in [6.45, 7) is 2.15. The van der Waals surface area contributed by atoms with Crippen molar-refractivity contribution in [3.8, 4) is 0 Å². The lowest BCUT2D eigenvalue weighted by atomic mass is 9.91. The van der Waals surface area contributed by atoms with E-state index in [9.17, 15) is 4.79 Å². The molecule has 3 rings (SSSR count). The lowest BCUT2D eigenvalue weighted by Gasteiger charge is -2.38. The normalized spacial score (nSPS) is 27.6. The third-order valence-electron chi connectivity index (χ3n) is 4.42. The molecule has 1 N–H and O–H groups in total. The summed E-state index contributed by atoms with van der Waals surface area (Å²) in [6.07, 6.45) is 5.68. The molecule has 0 bridgehead atoms. The molecule has 1 saturated carbocycles. The molecule has 0 radical (unpaired) electrons. The zero-order valence-corrected chi connectivity index (χ0v) is 11.5. The van der Waals surface area contributed by atoms with Gasteiger partial charge in [0.15, 0.2) is 0 Å². The van der Waals surface area contributed by atoms with Crippen LogP contribution in [-0.4, -0.2) is 29.1 Å². The molecular weight excluding hydrogens is 236 g/mol. The second kappa shape index (κ2) is 5.33. The van der Waals surface area contributed by atoms with E-state index in [0.717, 1.165) is 12.8 Å². The minimum absolute atomic E-state index is 0.0343. The maximum atomic E-state index is 12.6. The smallest absolute Gasteiger partial charge is 0.241 e. The number of carbonyl (C=O) groups is 1. The zero-order valence-electron chi connectivity index (χ0n) is 11.5. The Hall–Kier alpha value is -1.35. The van der Waals surface area contributed by atoms with Crippen molar-refractivity contribution in [1.82, 2.24) is 10.2 Å². The molecule has 2 fully saturated rings. The van der Waals surface area contributed by atoms with Crippen LogP contribution in [0.15, 0.2) is 30.3 Å². The zero-order chi connectivity index (χ0) is 13.2. The topological polar surface area (TPSA) is 32.3 Å². The number of rotatable bonds is 4. The Morgan fingerprint density at radius 2 is 2.00 bits per heavy atom. The van der Waals surface area contributed by atoms with Crippen LogP contribution in [0, 0.1) is 0 Å². The van der Waals surface area contributed by atoms with Crippen molar-refractivity contribution >= 4 is 5.91 Å². The first-order valence-electron chi connectivity index (χ1n) is 7.41. The van der Waals surface area contributed by atoms with Crippen molar-refractivity contribution in [2.75, 3.05) is 0 Å². The van der Waals surface area contributed by atoms with Crippen molar-refractivity contribution in [3.63, 3.8) is 0 Å². The highest BCUT2D eigenvalue weighted by Gasteiger charge is 2.42. The predicted octanol–water partition coefficient (Wildman–Crippen LogP) is 2.32. The lowest BCUT2D eigenvalue weighted by Crippen LogP contribution is -2.47. The second-order valence-corrected chi connectivity index (χ2v) is 5.66. The van der Waals surface area contributed by atoms with Crippen molar-refractivity contribution in [3.05, 3.63) is 35.9 Å². The Balaban J connectivity index is 1.71. The average molecular weight is 258 g/mol. The molecule has 2 aliphatic rings. The van der Waals surface area contributed by atoms with Crippen LogP contribution in [0.1, 0.15) is 38.2 Å². The van der Waals surface area contributed by atoms with E-state index >= 15 is 0 Å². The summed E-state index contributed by atoms with van der Waals surface area (Å²) in [6, 6.07) is 10.7. The molecule has 0 spiro atoms. The summed E-state index contributed by atoms with van der Waals surface area (Å²) >= 11 is 0. The molecule has 3 heteroatoms. The number of hydrogen-bond donors (Lipinski definition) is 1. The molecule has 3 nitrogen and oxygen atoms in total. The number of nitrogens with one attached hydrogen (secondary N) is 1. The summed E-state index contributed by atoms with van der Waals surface area (Å²) in [4.78, 5) is 14.7. The first-order chi connectivity index (χ1) is 9.29. The van der Waals surface area contributed by atoms with Crippen molar-refractivity contribution in [2.24, 2.45) is 0 Å². The number of amides is 1. The summed E-state index contributed by atoms with van der Waals surface area (Å²) in [5.74, 6) is 0.306. The Bertz CT molecular complexity index is 441. The summed E-state index contributed by atoms with van der Waals surface area (Å²) in [7, 11) is 0. The van der Waals surface area contributed by atoms with Gasteiger partial charge in [-0.2, -0.15) is 0 Å². The molecule has 19 heavy (non-hydrogen) atoms. The first kappa shape index (κ1) is 12.7. The highest BCUT2D eigenvalue weighted by Crippen LogP contribution is 2.30. The molecule has 1 saturated heterocycles. The van der Waals surface area contributed by atoms with E-state index in [1.165, 1.54) is 24.8 Å². The van der Waals surface area contributed by atoms with Crippen LogP contribution in [0.3, 0.4) is 0 Å². The highest BCUT2D eigenvalue weighted by molar-refractivity contribution is 5.85. The maximum absolute atomic E-state index is 12.6. The van der Waals surface area contributed by atoms with Crippen LogP contribution < -0.4 is 5.32 Å². The van der Waals surface area contributed by atoms with Gasteiger partial charge in [-0.25, -0.2) is 0 Å². The van der Waals surface area contributed by atoms with Gasteiger partial charge in [0.25, 0.3) is 0 Å². The molecule has 1 aliphatic heterocycles. The Morgan fingerprint density at radius 1 is 1.26 bits per heavy atom. The Morgan fingerprint density at radius 3 is 2.58 bits per heavy atom. The van der Waals surface area contributed by atoms with Gasteiger partial charge in [0.05, 0.1) is 12.2 Å². The molecule has 1 aromatic rings. The van der Waals surface area contributed by atoms with Crippen LogP contribution in [0.2, 0.25) is 0 Å². The third kappa shape index (κ3) is 2.39. The van der Waals surface area contributed by atoms with Crippen LogP contribution in [0.25, 0.3) is 0 Å². The molecule has 2 unspecified atom stereocenters. The van der Waals surface area contributed by atoms with Gasteiger partial charge in [-0.3, -0.25) is 10.1 Å². The van der Waals surface area contributed by atoms with Gasteiger partial charge in [-0.15, -0.1) is 0 Å². The molecule has 1 aliphatic carbocycles. The quantitative estimate of drug-likeness (QED) is 0.899. The monoisotopic (exact) mass is 258 g/mol. The number of hydrogen-bond acceptors (Lipinski definition) is 2.